The minimum atomic E-state index is -0.875. The highest BCUT2D eigenvalue weighted by Crippen LogP contribution is 2.56. The van der Waals surface area contributed by atoms with E-state index in [-0.39, 0.29) is 53.0 Å². The Morgan fingerprint density at radius 1 is 1.08 bits per heavy atom. The molecular formula is C29H28BrNO7. The van der Waals surface area contributed by atoms with Crippen LogP contribution in [0.5, 0.6) is 5.75 Å². The Morgan fingerprint density at radius 2 is 1.84 bits per heavy atom. The molecule has 38 heavy (non-hydrogen) atoms. The SMILES string of the molecule is Cc1cccc([C@H]2C3=CC[C@@H]4C(=O)N(CCCCCC(=O)O)C(=O)[C@@H]4[C@@H]3CC3=C2C(=O)C=C(Br)C3=O)c1O. The van der Waals surface area contributed by atoms with Crippen LogP contribution in [0.3, 0.4) is 0 Å². The fraction of sp³-hybridized carbons (Fsp3) is 0.414. The molecule has 198 valence electrons. The van der Waals surface area contributed by atoms with Gasteiger partial charge in [-0.2, -0.15) is 0 Å². The fourth-order valence-corrected chi connectivity index (χ4v) is 6.93. The van der Waals surface area contributed by atoms with E-state index in [1.807, 2.05) is 6.08 Å². The average molecular weight is 582 g/mol. The van der Waals surface area contributed by atoms with E-state index in [1.54, 1.807) is 25.1 Å². The van der Waals surface area contributed by atoms with Crippen LogP contribution in [0, 0.1) is 24.7 Å². The van der Waals surface area contributed by atoms with Gasteiger partial charge < -0.3 is 10.2 Å². The number of carboxylic acid groups (broad SMARTS) is 1. The number of nitrogens with zero attached hydrogens (tertiary/aromatic N) is 1. The lowest BCUT2D eigenvalue weighted by Gasteiger charge is -2.42. The maximum atomic E-state index is 13.7. The number of allylic oxidation sites excluding steroid dienone is 6. The van der Waals surface area contributed by atoms with Gasteiger partial charge in [-0.15, -0.1) is 0 Å². The van der Waals surface area contributed by atoms with Gasteiger partial charge in [0.25, 0.3) is 0 Å². The van der Waals surface area contributed by atoms with Gasteiger partial charge in [0, 0.05) is 41.7 Å². The molecule has 0 unspecified atom stereocenters. The lowest BCUT2D eigenvalue weighted by Crippen LogP contribution is -2.39. The largest absolute Gasteiger partial charge is 0.507 e. The van der Waals surface area contributed by atoms with Crippen molar-refractivity contribution >= 4 is 45.3 Å². The van der Waals surface area contributed by atoms with Crippen molar-refractivity contribution in [3.05, 3.63) is 62.7 Å². The third-order valence-corrected chi connectivity index (χ3v) is 8.86. The van der Waals surface area contributed by atoms with Gasteiger partial charge in [-0.25, -0.2) is 0 Å². The van der Waals surface area contributed by atoms with Gasteiger partial charge >= 0.3 is 5.97 Å². The van der Waals surface area contributed by atoms with Crippen molar-refractivity contribution < 1.29 is 34.2 Å². The van der Waals surface area contributed by atoms with Crippen molar-refractivity contribution in [2.45, 2.75) is 51.4 Å². The number of Topliss-reactive ketones (excluding diaryl/α,β-unsaturated/α-hetero) is 1. The lowest BCUT2D eigenvalue weighted by atomic mass is 9.59. The number of carbonyl (C=O) groups is 5. The van der Waals surface area contributed by atoms with Gasteiger partial charge in [-0.1, -0.05) is 36.3 Å². The molecule has 1 fully saturated rings. The van der Waals surface area contributed by atoms with E-state index in [9.17, 15) is 29.1 Å². The first kappa shape index (κ1) is 26.3. The number of rotatable bonds is 7. The zero-order valence-corrected chi connectivity index (χ0v) is 22.5. The number of hydrogen-bond acceptors (Lipinski definition) is 6. The van der Waals surface area contributed by atoms with Crippen LogP contribution >= 0.6 is 15.9 Å². The summed E-state index contributed by atoms with van der Waals surface area (Å²) in [5.41, 5.74) is 2.58. The molecule has 1 aliphatic heterocycles. The highest BCUT2D eigenvalue weighted by molar-refractivity contribution is 9.12. The highest BCUT2D eigenvalue weighted by Gasteiger charge is 2.56. The number of carbonyl (C=O) groups excluding carboxylic acids is 4. The molecule has 8 nitrogen and oxygen atoms in total. The number of benzene rings is 1. The molecule has 0 spiro atoms. The van der Waals surface area contributed by atoms with Crippen LogP contribution in [0.15, 0.2) is 51.6 Å². The zero-order chi connectivity index (χ0) is 27.3. The number of likely N-dealkylation sites (tertiary alicyclic amines) is 1. The second-order valence-corrected chi connectivity index (χ2v) is 11.3. The Bertz CT molecular complexity index is 1370. The van der Waals surface area contributed by atoms with Crippen LogP contribution in [-0.2, 0) is 24.0 Å². The Morgan fingerprint density at radius 3 is 2.58 bits per heavy atom. The molecule has 9 heteroatoms. The summed E-state index contributed by atoms with van der Waals surface area (Å²) >= 11 is 3.21. The molecule has 2 N–H and O–H groups in total. The van der Waals surface area contributed by atoms with Crippen molar-refractivity contribution in [1.29, 1.82) is 0 Å². The molecule has 1 saturated heterocycles. The molecule has 0 saturated carbocycles. The molecular weight excluding hydrogens is 554 g/mol. The maximum Gasteiger partial charge on any atom is 0.303 e. The predicted molar refractivity (Wildman–Crippen MR) is 140 cm³/mol. The third-order valence-electron chi connectivity index (χ3n) is 8.27. The van der Waals surface area contributed by atoms with E-state index in [4.69, 9.17) is 5.11 Å². The quantitative estimate of drug-likeness (QED) is 0.214. The van der Waals surface area contributed by atoms with Crippen molar-refractivity contribution in [2.75, 3.05) is 6.54 Å². The summed E-state index contributed by atoms with van der Waals surface area (Å²) in [6.07, 6.45) is 5.34. The number of aromatic hydroxyl groups is 1. The number of amides is 2. The van der Waals surface area contributed by atoms with Crippen LogP contribution in [0.4, 0.5) is 0 Å². The number of phenols is 1. The predicted octanol–water partition coefficient (Wildman–Crippen LogP) is 4.11. The first-order valence-corrected chi connectivity index (χ1v) is 13.7. The molecule has 0 aromatic heterocycles. The normalized spacial score (nSPS) is 26.6. The summed E-state index contributed by atoms with van der Waals surface area (Å²) in [7, 11) is 0. The number of phenolic OH excluding ortho intramolecular Hbond substituents is 1. The Hall–Kier alpha value is -3.33. The van der Waals surface area contributed by atoms with Crippen molar-refractivity contribution in [3.8, 4) is 5.75 Å². The number of para-hydroxylation sites is 1. The summed E-state index contributed by atoms with van der Waals surface area (Å²) in [5.74, 6) is -4.33. The standard InChI is InChI=1S/C29H28BrNO7/c1-14-6-5-7-16(26(14)35)23-15-9-10-17-24(18(15)12-19-25(23)21(32)13-20(30)27(19)36)29(38)31(28(17)37)11-4-2-3-8-22(33)34/h5-7,9,13,17-18,23-24,35H,2-4,8,10-12H2,1H3,(H,33,34)/t17-,18+,23+,24-/m0/s1. The minimum Gasteiger partial charge on any atom is -0.507 e. The molecule has 0 radical (unpaired) electrons. The van der Waals surface area contributed by atoms with Crippen LogP contribution in [0.1, 0.15) is 55.6 Å². The van der Waals surface area contributed by atoms with Crippen molar-refractivity contribution in [3.63, 3.8) is 0 Å². The van der Waals surface area contributed by atoms with Gasteiger partial charge in [-0.3, -0.25) is 28.9 Å². The lowest BCUT2D eigenvalue weighted by molar-refractivity contribution is -0.141. The maximum absolute atomic E-state index is 13.7. The van der Waals surface area contributed by atoms with E-state index in [1.165, 1.54) is 11.0 Å². The summed E-state index contributed by atoms with van der Waals surface area (Å²) in [4.78, 5) is 65.5. The topological polar surface area (TPSA) is 129 Å². The van der Waals surface area contributed by atoms with E-state index in [0.29, 0.717) is 48.0 Å². The average Bonchev–Trinajstić information content (AvgIpc) is 3.12. The Kier molecular flexibility index (Phi) is 6.98. The van der Waals surface area contributed by atoms with Crippen LogP contribution in [0.2, 0.25) is 0 Å². The zero-order valence-electron chi connectivity index (χ0n) is 20.9. The second kappa shape index (κ2) is 10.1. The third kappa shape index (κ3) is 4.26. The number of ketones is 2. The first-order chi connectivity index (χ1) is 18.1. The molecule has 2 amide bonds. The van der Waals surface area contributed by atoms with E-state index < -0.39 is 29.6 Å². The van der Waals surface area contributed by atoms with Crippen LogP contribution in [0.25, 0.3) is 0 Å². The summed E-state index contributed by atoms with van der Waals surface area (Å²) in [5, 5.41) is 19.8. The number of hydrogen-bond donors (Lipinski definition) is 2. The van der Waals surface area contributed by atoms with E-state index in [0.717, 1.165) is 5.57 Å². The fourth-order valence-electron chi connectivity index (χ4n) is 6.49. The number of carboxylic acids is 1. The Balaban J connectivity index is 1.51. The molecule has 1 heterocycles. The van der Waals surface area contributed by atoms with Gasteiger partial charge in [-0.05, 0) is 60.0 Å². The number of imide groups is 1. The molecule has 4 atom stereocenters. The Labute approximate surface area is 228 Å². The molecule has 1 aromatic carbocycles. The number of fused-ring (bicyclic) bond motifs is 3. The van der Waals surface area contributed by atoms with Crippen molar-refractivity contribution in [1.82, 2.24) is 4.90 Å². The monoisotopic (exact) mass is 581 g/mol. The summed E-state index contributed by atoms with van der Waals surface area (Å²) in [6.45, 7) is 1.99. The minimum absolute atomic E-state index is 0.0405. The van der Waals surface area contributed by atoms with Gasteiger partial charge in [0.05, 0.1) is 16.3 Å². The number of halogens is 1. The summed E-state index contributed by atoms with van der Waals surface area (Å²) < 4.78 is 0.157. The number of unbranched alkanes of at least 4 members (excludes halogenated alkanes) is 2. The smallest absolute Gasteiger partial charge is 0.303 e. The molecule has 0 bridgehead atoms. The molecule has 5 rings (SSSR count). The van der Waals surface area contributed by atoms with Crippen molar-refractivity contribution in [2.24, 2.45) is 17.8 Å². The summed E-state index contributed by atoms with van der Waals surface area (Å²) in [6, 6.07) is 5.29. The highest BCUT2D eigenvalue weighted by atomic mass is 79.9. The van der Waals surface area contributed by atoms with Gasteiger partial charge in [0.15, 0.2) is 11.6 Å². The van der Waals surface area contributed by atoms with E-state index >= 15 is 0 Å². The molecule has 3 aliphatic carbocycles. The molecule has 1 aromatic rings. The number of aliphatic carboxylic acids is 1. The van der Waals surface area contributed by atoms with Gasteiger partial charge in [0.2, 0.25) is 11.8 Å². The second-order valence-electron chi connectivity index (χ2n) is 10.4. The molecule has 4 aliphatic rings. The van der Waals surface area contributed by atoms with Crippen LogP contribution in [-0.4, -0.2) is 51.0 Å². The first-order valence-electron chi connectivity index (χ1n) is 12.9. The van der Waals surface area contributed by atoms with Gasteiger partial charge in [0.1, 0.15) is 5.75 Å². The van der Waals surface area contributed by atoms with E-state index in [2.05, 4.69) is 15.9 Å². The number of aryl methyl sites for hydroxylation is 1. The van der Waals surface area contributed by atoms with Crippen LogP contribution < -0.4 is 0 Å².